The minimum atomic E-state index is -0.540. The molecule has 1 aliphatic carbocycles. The van der Waals surface area contributed by atoms with Gasteiger partial charge in [0.15, 0.2) is 0 Å². The molecule has 1 aromatic carbocycles. The lowest BCUT2D eigenvalue weighted by Gasteiger charge is -2.44. The monoisotopic (exact) mass is 247 g/mol. The van der Waals surface area contributed by atoms with Crippen LogP contribution in [0.4, 0.5) is 0 Å². The van der Waals surface area contributed by atoms with Crippen molar-refractivity contribution in [1.82, 2.24) is 0 Å². The average Bonchev–Trinajstić information content (AvgIpc) is 3.25. The van der Waals surface area contributed by atoms with Crippen LogP contribution in [0.15, 0.2) is 30.3 Å². The normalized spacial score (nSPS) is 36.6. The van der Waals surface area contributed by atoms with E-state index in [2.05, 4.69) is 0 Å². The highest BCUT2D eigenvalue weighted by molar-refractivity contribution is 5.26. The third kappa shape index (κ3) is 2.07. The molecule has 1 heterocycles. The summed E-state index contributed by atoms with van der Waals surface area (Å²) >= 11 is 0. The predicted octanol–water partition coefficient (Wildman–Crippen LogP) is 1.65. The Morgan fingerprint density at radius 3 is 2.61 bits per heavy atom. The van der Waals surface area contributed by atoms with Gasteiger partial charge in [-0.25, -0.2) is 0 Å². The minimum Gasteiger partial charge on any atom is -0.396 e. The maximum atomic E-state index is 9.67. The van der Waals surface area contributed by atoms with Gasteiger partial charge in [-0.2, -0.15) is 0 Å². The third-order valence-corrected chi connectivity index (χ3v) is 4.46. The van der Waals surface area contributed by atoms with E-state index in [0.717, 1.165) is 12.0 Å². The van der Waals surface area contributed by atoms with Crippen LogP contribution in [-0.4, -0.2) is 24.4 Å². The first-order valence-corrected chi connectivity index (χ1v) is 6.81. The van der Waals surface area contributed by atoms with Gasteiger partial charge >= 0.3 is 0 Å². The van der Waals surface area contributed by atoms with E-state index in [0.29, 0.717) is 18.6 Å². The van der Waals surface area contributed by atoms with Gasteiger partial charge in [0.05, 0.1) is 18.2 Å². The molecule has 0 aromatic heterocycles. The molecule has 1 aromatic rings. The molecule has 1 saturated heterocycles. The second-order valence-electron chi connectivity index (χ2n) is 5.71. The van der Waals surface area contributed by atoms with Crippen molar-refractivity contribution < 1.29 is 9.84 Å². The molecule has 18 heavy (non-hydrogen) atoms. The number of hydrogen-bond donors (Lipinski definition) is 2. The highest BCUT2D eigenvalue weighted by atomic mass is 16.5. The predicted molar refractivity (Wildman–Crippen MR) is 70.0 cm³/mol. The number of ether oxygens (including phenoxy) is 1. The van der Waals surface area contributed by atoms with E-state index in [4.69, 9.17) is 10.5 Å². The quantitative estimate of drug-likeness (QED) is 0.854. The van der Waals surface area contributed by atoms with Crippen LogP contribution in [-0.2, 0) is 10.3 Å². The summed E-state index contributed by atoms with van der Waals surface area (Å²) in [5.41, 5.74) is 7.06. The molecule has 3 rings (SSSR count). The Kier molecular flexibility index (Phi) is 3.14. The molecule has 1 saturated carbocycles. The molecule has 3 N–H and O–H groups in total. The van der Waals surface area contributed by atoms with Crippen LogP contribution in [0.3, 0.4) is 0 Å². The van der Waals surface area contributed by atoms with E-state index in [1.54, 1.807) is 0 Å². The zero-order valence-corrected chi connectivity index (χ0v) is 10.6. The summed E-state index contributed by atoms with van der Waals surface area (Å²) in [5, 5.41) is 9.67. The Bertz CT molecular complexity index is 404. The standard InChI is InChI=1S/C15H21NO2/c16-15(12-4-2-1-3-5-12)10-18-14(11-6-7-11)8-13(15)9-17/h1-5,11,13-14,17H,6-10,16H2/t13-,14+,15+/m0/s1. The minimum absolute atomic E-state index is 0.0965. The van der Waals surface area contributed by atoms with Crippen molar-refractivity contribution in [2.75, 3.05) is 13.2 Å². The van der Waals surface area contributed by atoms with Crippen molar-refractivity contribution in [3.05, 3.63) is 35.9 Å². The molecule has 0 radical (unpaired) electrons. The topological polar surface area (TPSA) is 55.5 Å². The van der Waals surface area contributed by atoms with Gasteiger partial charge in [0.2, 0.25) is 0 Å². The average molecular weight is 247 g/mol. The summed E-state index contributed by atoms with van der Waals surface area (Å²) in [6.07, 6.45) is 3.73. The van der Waals surface area contributed by atoms with Gasteiger partial charge in [0.25, 0.3) is 0 Å². The van der Waals surface area contributed by atoms with Crippen LogP contribution in [0.1, 0.15) is 24.8 Å². The lowest BCUT2D eigenvalue weighted by molar-refractivity contribution is -0.0833. The van der Waals surface area contributed by atoms with Crippen molar-refractivity contribution in [3.63, 3.8) is 0 Å². The van der Waals surface area contributed by atoms with Crippen LogP contribution in [0.5, 0.6) is 0 Å². The van der Waals surface area contributed by atoms with E-state index in [1.165, 1.54) is 12.8 Å². The number of nitrogens with two attached hydrogens (primary N) is 1. The van der Waals surface area contributed by atoms with Crippen molar-refractivity contribution in [3.8, 4) is 0 Å². The molecule has 2 aliphatic rings. The molecule has 3 atom stereocenters. The first-order chi connectivity index (χ1) is 8.74. The molecule has 0 spiro atoms. The fraction of sp³-hybridized carbons (Fsp3) is 0.600. The molecule has 3 nitrogen and oxygen atoms in total. The van der Waals surface area contributed by atoms with E-state index >= 15 is 0 Å². The van der Waals surface area contributed by atoms with Crippen LogP contribution < -0.4 is 5.73 Å². The van der Waals surface area contributed by atoms with Gasteiger partial charge in [-0.3, -0.25) is 0 Å². The highest BCUT2D eigenvalue weighted by Gasteiger charge is 2.46. The first kappa shape index (κ1) is 12.2. The Labute approximate surface area is 108 Å². The Balaban J connectivity index is 1.82. The summed E-state index contributed by atoms with van der Waals surface area (Å²) in [7, 11) is 0. The number of benzene rings is 1. The molecular formula is C15H21NO2. The van der Waals surface area contributed by atoms with Crippen molar-refractivity contribution >= 4 is 0 Å². The van der Waals surface area contributed by atoms with Gasteiger partial charge in [0.1, 0.15) is 0 Å². The second-order valence-corrected chi connectivity index (χ2v) is 5.71. The Morgan fingerprint density at radius 1 is 1.28 bits per heavy atom. The zero-order valence-electron chi connectivity index (χ0n) is 10.6. The van der Waals surface area contributed by atoms with Crippen molar-refractivity contribution in [2.45, 2.75) is 30.9 Å². The van der Waals surface area contributed by atoms with E-state index in [1.807, 2.05) is 30.3 Å². The molecule has 0 amide bonds. The van der Waals surface area contributed by atoms with E-state index in [9.17, 15) is 5.11 Å². The summed E-state index contributed by atoms with van der Waals surface area (Å²) in [6, 6.07) is 10.0. The van der Waals surface area contributed by atoms with Gasteiger partial charge < -0.3 is 15.6 Å². The molecular weight excluding hydrogens is 226 g/mol. The smallest absolute Gasteiger partial charge is 0.0698 e. The molecule has 98 valence electrons. The SMILES string of the molecule is N[C@@]1(c2ccccc2)CO[C@@H](C2CC2)C[C@H]1CO. The van der Waals surface area contributed by atoms with Crippen molar-refractivity contribution in [2.24, 2.45) is 17.6 Å². The number of aliphatic hydroxyl groups excluding tert-OH is 1. The molecule has 1 aliphatic heterocycles. The summed E-state index contributed by atoms with van der Waals surface area (Å²) < 4.78 is 5.97. The van der Waals surface area contributed by atoms with Crippen LogP contribution in [0, 0.1) is 11.8 Å². The highest BCUT2D eigenvalue weighted by Crippen LogP contribution is 2.43. The van der Waals surface area contributed by atoms with Crippen LogP contribution in [0.2, 0.25) is 0 Å². The summed E-state index contributed by atoms with van der Waals surface area (Å²) in [6.45, 7) is 0.654. The van der Waals surface area contributed by atoms with Gasteiger partial charge in [0, 0.05) is 12.5 Å². The molecule has 2 fully saturated rings. The lowest BCUT2D eigenvalue weighted by Crippen LogP contribution is -2.55. The maximum absolute atomic E-state index is 9.67. The fourth-order valence-electron chi connectivity index (χ4n) is 3.02. The van der Waals surface area contributed by atoms with Gasteiger partial charge in [-0.15, -0.1) is 0 Å². The molecule has 0 bridgehead atoms. The largest absolute Gasteiger partial charge is 0.396 e. The van der Waals surface area contributed by atoms with Crippen LogP contribution in [0.25, 0.3) is 0 Å². The van der Waals surface area contributed by atoms with Crippen molar-refractivity contribution in [1.29, 1.82) is 0 Å². The van der Waals surface area contributed by atoms with E-state index in [-0.39, 0.29) is 12.5 Å². The fourth-order valence-corrected chi connectivity index (χ4v) is 3.02. The Morgan fingerprint density at radius 2 is 2.00 bits per heavy atom. The number of aliphatic hydroxyl groups is 1. The number of hydrogen-bond acceptors (Lipinski definition) is 3. The zero-order chi connectivity index (χ0) is 12.6. The van der Waals surface area contributed by atoms with E-state index < -0.39 is 5.54 Å². The molecule has 0 unspecified atom stereocenters. The Hall–Kier alpha value is -0.900. The lowest BCUT2D eigenvalue weighted by atomic mass is 9.74. The first-order valence-electron chi connectivity index (χ1n) is 6.81. The summed E-state index contributed by atoms with van der Waals surface area (Å²) in [4.78, 5) is 0. The van der Waals surface area contributed by atoms with Gasteiger partial charge in [-0.1, -0.05) is 30.3 Å². The van der Waals surface area contributed by atoms with Crippen LogP contribution >= 0.6 is 0 Å². The molecule has 3 heteroatoms. The van der Waals surface area contributed by atoms with Gasteiger partial charge in [-0.05, 0) is 30.7 Å². The third-order valence-electron chi connectivity index (χ3n) is 4.46. The number of rotatable bonds is 3. The second kappa shape index (κ2) is 4.65. The summed E-state index contributed by atoms with van der Waals surface area (Å²) in [5.74, 6) is 0.804. The maximum Gasteiger partial charge on any atom is 0.0698 e.